The van der Waals surface area contributed by atoms with E-state index < -0.39 is 11.8 Å². The smallest absolute Gasteiger partial charge is 0.313 e. The summed E-state index contributed by atoms with van der Waals surface area (Å²) in [6.07, 6.45) is 0. The van der Waals surface area contributed by atoms with Gasteiger partial charge in [-0.1, -0.05) is 70.2 Å². The van der Waals surface area contributed by atoms with E-state index in [2.05, 4.69) is 38.3 Å². The number of carbonyl (C=O) groups excluding carboxylic acids is 2. The molecule has 0 aliphatic rings. The Labute approximate surface area is 156 Å². The van der Waals surface area contributed by atoms with Crippen molar-refractivity contribution >= 4 is 17.5 Å². The number of nitrogens with one attached hydrogen (secondary N) is 2. The third kappa shape index (κ3) is 4.72. The van der Waals surface area contributed by atoms with Gasteiger partial charge in [0.25, 0.3) is 0 Å². The van der Waals surface area contributed by atoms with E-state index in [1.807, 2.05) is 49.4 Å². The highest BCUT2D eigenvalue weighted by Gasteiger charge is 2.19. The van der Waals surface area contributed by atoms with Crippen molar-refractivity contribution in [3.8, 4) is 0 Å². The van der Waals surface area contributed by atoms with Crippen LogP contribution in [0.5, 0.6) is 0 Å². The quantitative estimate of drug-likeness (QED) is 0.779. The molecular weight excluding hydrogens is 324 g/mol. The third-order valence-corrected chi connectivity index (χ3v) is 4.52. The Hall–Kier alpha value is -2.62. The first-order valence-electron chi connectivity index (χ1n) is 9.07. The Morgan fingerprint density at radius 2 is 1.42 bits per heavy atom. The van der Waals surface area contributed by atoms with Gasteiger partial charge in [0.15, 0.2) is 0 Å². The molecule has 2 rings (SSSR count). The largest absolute Gasteiger partial charge is 0.344 e. The number of amides is 2. The number of rotatable bonds is 5. The maximum absolute atomic E-state index is 12.4. The van der Waals surface area contributed by atoms with Crippen molar-refractivity contribution in [2.75, 3.05) is 5.32 Å². The number of benzene rings is 2. The van der Waals surface area contributed by atoms with Gasteiger partial charge in [-0.2, -0.15) is 0 Å². The summed E-state index contributed by atoms with van der Waals surface area (Å²) in [6, 6.07) is 13.8. The highest BCUT2D eigenvalue weighted by molar-refractivity contribution is 6.39. The van der Waals surface area contributed by atoms with Gasteiger partial charge in [0.1, 0.15) is 0 Å². The summed E-state index contributed by atoms with van der Waals surface area (Å²) >= 11 is 0. The Bertz CT molecular complexity index is 768. The van der Waals surface area contributed by atoms with Crippen molar-refractivity contribution in [2.24, 2.45) is 0 Å². The second-order valence-electron chi connectivity index (χ2n) is 7.18. The Morgan fingerprint density at radius 3 is 1.96 bits per heavy atom. The minimum absolute atomic E-state index is 0.249. The van der Waals surface area contributed by atoms with Crippen molar-refractivity contribution in [1.29, 1.82) is 0 Å². The van der Waals surface area contributed by atoms with Crippen LogP contribution in [0.1, 0.15) is 61.8 Å². The predicted octanol–water partition coefficient (Wildman–Crippen LogP) is 4.50. The zero-order valence-electron chi connectivity index (χ0n) is 16.2. The van der Waals surface area contributed by atoms with Gasteiger partial charge in [-0.3, -0.25) is 9.59 Å². The Kier molecular flexibility index (Phi) is 6.56. The fourth-order valence-corrected chi connectivity index (χ4v) is 2.93. The highest BCUT2D eigenvalue weighted by atomic mass is 16.2. The van der Waals surface area contributed by atoms with Crippen LogP contribution in [0.2, 0.25) is 0 Å². The normalized spacial score (nSPS) is 10.9. The topological polar surface area (TPSA) is 58.2 Å². The molecule has 0 aromatic heterocycles. The second kappa shape index (κ2) is 8.65. The predicted molar refractivity (Wildman–Crippen MR) is 106 cm³/mol. The van der Waals surface area contributed by atoms with E-state index in [-0.39, 0.29) is 11.8 Å². The third-order valence-electron chi connectivity index (χ3n) is 4.52. The number of carbonyl (C=O) groups is 2. The first-order chi connectivity index (χ1) is 12.3. The van der Waals surface area contributed by atoms with Crippen LogP contribution in [-0.2, 0) is 16.1 Å². The van der Waals surface area contributed by atoms with Crippen molar-refractivity contribution in [1.82, 2.24) is 5.32 Å². The highest BCUT2D eigenvalue weighted by Crippen LogP contribution is 2.32. The molecule has 2 aromatic rings. The number of hydrogen-bond acceptors (Lipinski definition) is 2. The molecule has 0 heterocycles. The summed E-state index contributed by atoms with van der Waals surface area (Å²) in [6.45, 7) is 10.6. The molecular formula is C22H28N2O2. The van der Waals surface area contributed by atoms with Crippen LogP contribution in [0, 0.1) is 6.92 Å². The van der Waals surface area contributed by atoms with Crippen molar-refractivity contribution < 1.29 is 9.59 Å². The van der Waals surface area contributed by atoms with Gasteiger partial charge in [0.2, 0.25) is 0 Å². The molecule has 2 amide bonds. The zero-order valence-corrected chi connectivity index (χ0v) is 16.2. The zero-order chi connectivity index (χ0) is 19.3. The van der Waals surface area contributed by atoms with E-state index in [0.717, 1.165) is 27.9 Å². The van der Waals surface area contributed by atoms with Crippen LogP contribution in [0.4, 0.5) is 5.69 Å². The van der Waals surface area contributed by atoms with Crippen LogP contribution in [-0.4, -0.2) is 11.8 Å². The fraction of sp³-hybridized carbons (Fsp3) is 0.364. The summed E-state index contributed by atoms with van der Waals surface area (Å²) in [5.74, 6) is -0.756. The van der Waals surface area contributed by atoms with Crippen molar-refractivity contribution in [3.63, 3.8) is 0 Å². The lowest BCUT2D eigenvalue weighted by molar-refractivity contribution is -0.136. The molecule has 138 valence electrons. The lowest BCUT2D eigenvalue weighted by Crippen LogP contribution is -2.35. The van der Waals surface area contributed by atoms with E-state index in [0.29, 0.717) is 6.54 Å². The minimum atomic E-state index is -0.631. The van der Waals surface area contributed by atoms with Crippen LogP contribution in [0.25, 0.3) is 0 Å². The number of para-hydroxylation sites is 1. The summed E-state index contributed by atoms with van der Waals surface area (Å²) in [4.78, 5) is 24.7. The van der Waals surface area contributed by atoms with Crippen LogP contribution >= 0.6 is 0 Å². The number of hydrogen-bond donors (Lipinski definition) is 2. The number of aryl methyl sites for hydroxylation is 1. The van der Waals surface area contributed by atoms with Crippen molar-refractivity contribution in [3.05, 3.63) is 64.7 Å². The van der Waals surface area contributed by atoms with Gasteiger partial charge in [0.05, 0.1) is 0 Å². The fourth-order valence-electron chi connectivity index (χ4n) is 2.93. The van der Waals surface area contributed by atoms with Crippen LogP contribution in [0.3, 0.4) is 0 Å². The molecule has 0 saturated carbocycles. The lowest BCUT2D eigenvalue weighted by atomic mass is 9.92. The molecule has 4 heteroatoms. The molecule has 0 radical (unpaired) electrons. The van der Waals surface area contributed by atoms with Crippen LogP contribution < -0.4 is 10.6 Å². The summed E-state index contributed by atoms with van der Waals surface area (Å²) in [7, 11) is 0. The molecule has 0 atom stereocenters. The standard InChI is InChI=1S/C22H28N2O2/c1-14(2)18-11-8-12-19(15(3)4)20(18)24-22(26)21(25)23-13-17-10-7-6-9-16(17)5/h6-12,14-15H,13H2,1-5H3,(H,23,25)(H,24,26). The SMILES string of the molecule is Cc1ccccc1CNC(=O)C(=O)Nc1c(C(C)C)cccc1C(C)C. The maximum Gasteiger partial charge on any atom is 0.313 e. The first kappa shape index (κ1) is 19.7. The molecule has 26 heavy (non-hydrogen) atoms. The van der Waals surface area contributed by atoms with E-state index in [1.165, 1.54) is 0 Å². The van der Waals surface area contributed by atoms with E-state index in [9.17, 15) is 9.59 Å². The first-order valence-corrected chi connectivity index (χ1v) is 9.07. The average molecular weight is 352 g/mol. The molecule has 2 N–H and O–H groups in total. The van der Waals surface area contributed by atoms with Gasteiger partial charge < -0.3 is 10.6 Å². The molecule has 2 aromatic carbocycles. The molecule has 0 saturated heterocycles. The molecule has 4 nitrogen and oxygen atoms in total. The molecule has 0 spiro atoms. The van der Waals surface area contributed by atoms with Gasteiger partial charge in [-0.25, -0.2) is 0 Å². The van der Waals surface area contributed by atoms with Gasteiger partial charge in [-0.15, -0.1) is 0 Å². The number of anilines is 1. The van der Waals surface area contributed by atoms with E-state index in [1.54, 1.807) is 0 Å². The molecule has 0 unspecified atom stereocenters. The molecule has 0 fully saturated rings. The summed E-state index contributed by atoms with van der Waals surface area (Å²) in [5.41, 5.74) is 4.92. The lowest BCUT2D eigenvalue weighted by Gasteiger charge is -2.20. The van der Waals surface area contributed by atoms with Gasteiger partial charge in [0, 0.05) is 12.2 Å². The van der Waals surface area contributed by atoms with E-state index >= 15 is 0 Å². The van der Waals surface area contributed by atoms with E-state index in [4.69, 9.17) is 0 Å². The van der Waals surface area contributed by atoms with Crippen LogP contribution in [0.15, 0.2) is 42.5 Å². The minimum Gasteiger partial charge on any atom is -0.344 e. The Balaban J connectivity index is 2.14. The maximum atomic E-state index is 12.4. The summed E-state index contributed by atoms with van der Waals surface area (Å²) in [5, 5.41) is 5.55. The van der Waals surface area contributed by atoms with Crippen molar-refractivity contribution in [2.45, 2.75) is 53.0 Å². The monoisotopic (exact) mass is 352 g/mol. The second-order valence-corrected chi connectivity index (χ2v) is 7.18. The molecule has 0 aliphatic carbocycles. The average Bonchev–Trinajstić information content (AvgIpc) is 2.60. The van der Waals surface area contributed by atoms with Gasteiger partial charge in [-0.05, 0) is 41.0 Å². The summed E-state index contributed by atoms with van der Waals surface area (Å²) < 4.78 is 0. The molecule has 0 bridgehead atoms. The van der Waals surface area contributed by atoms with Gasteiger partial charge >= 0.3 is 11.8 Å². The Morgan fingerprint density at radius 1 is 0.846 bits per heavy atom. The molecule has 0 aliphatic heterocycles.